The second kappa shape index (κ2) is 9.78. The van der Waals surface area contributed by atoms with E-state index in [9.17, 15) is 14.4 Å². The molecule has 0 saturated carbocycles. The van der Waals surface area contributed by atoms with Crippen LogP contribution >= 0.6 is 0 Å². The van der Waals surface area contributed by atoms with Crippen LogP contribution in [0, 0.1) is 0 Å². The molecule has 2 aliphatic heterocycles. The molecule has 1 aromatic carbocycles. The number of hydrogen-bond acceptors (Lipinski definition) is 7. The van der Waals surface area contributed by atoms with E-state index < -0.39 is 18.0 Å². The van der Waals surface area contributed by atoms with Crippen LogP contribution in [0.25, 0.3) is 0 Å². The summed E-state index contributed by atoms with van der Waals surface area (Å²) in [5.41, 5.74) is 1.51. The lowest BCUT2D eigenvalue weighted by molar-refractivity contribution is -0.136. The van der Waals surface area contributed by atoms with Gasteiger partial charge in [0.15, 0.2) is 5.76 Å². The average Bonchev–Trinajstić information content (AvgIpc) is 3.38. The second-order valence-corrected chi connectivity index (χ2v) is 7.74. The Morgan fingerprint density at radius 2 is 1.91 bits per heavy atom. The molecular weight excluding hydrogens is 428 g/mol. The quantitative estimate of drug-likeness (QED) is 0.637. The van der Waals surface area contributed by atoms with Gasteiger partial charge in [0.25, 0.3) is 5.91 Å². The van der Waals surface area contributed by atoms with Crippen LogP contribution in [0.5, 0.6) is 5.75 Å². The van der Waals surface area contributed by atoms with Crippen molar-refractivity contribution in [1.82, 2.24) is 20.4 Å². The smallest absolute Gasteiger partial charge is 0.338 e. The summed E-state index contributed by atoms with van der Waals surface area (Å²) in [4.78, 5) is 41.5. The molecule has 1 fully saturated rings. The number of urea groups is 1. The van der Waals surface area contributed by atoms with Gasteiger partial charge in [-0.3, -0.25) is 9.69 Å². The van der Waals surface area contributed by atoms with Crippen LogP contribution in [0.3, 0.4) is 0 Å². The van der Waals surface area contributed by atoms with Gasteiger partial charge in [-0.25, -0.2) is 9.59 Å². The molecule has 10 heteroatoms. The van der Waals surface area contributed by atoms with Crippen molar-refractivity contribution >= 4 is 17.9 Å². The SMILES string of the molecule is COC(=O)C1=C(CN2CCN(C(=O)c3ccco3)CC2)NC(=O)NC1c1cccc(OC)c1. The van der Waals surface area contributed by atoms with Crippen molar-refractivity contribution in [2.24, 2.45) is 0 Å². The summed E-state index contributed by atoms with van der Waals surface area (Å²) in [6, 6.07) is 9.42. The largest absolute Gasteiger partial charge is 0.497 e. The van der Waals surface area contributed by atoms with Crippen molar-refractivity contribution in [2.45, 2.75) is 6.04 Å². The van der Waals surface area contributed by atoms with Crippen LogP contribution in [-0.4, -0.2) is 74.7 Å². The summed E-state index contributed by atoms with van der Waals surface area (Å²) in [7, 11) is 2.86. The maximum Gasteiger partial charge on any atom is 0.338 e. The Labute approximate surface area is 191 Å². The summed E-state index contributed by atoms with van der Waals surface area (Å²) < 4.78 is 15.5. The van der Waals surface area contributed by atoms with E-state index in [2.05, 4.69) is 15.5 Å². The number of carbonyl (C=O) groups is 3. The number of ether oxygens (including phenoxy) is 2. The van der Waals surface area contributed by atoms with Gasteiger partial charge in [0, 0.05) is 38.4 Å². The Morgan fingerprint density at radius 3 is 2.58 bits per heavy atom. The van der Waals surface area contributed by atoms with Crippen LogP contribution in [0.4, 0.5) is 4.79 Å². The first kappa shape index (κ1) is 22.4. The number of esters is 1. The Balaban J connectivity index is 1.54. The number of furan rings is 1. The van der Waals surface area contributed by atoms with E-state index >= 15 is 0 Å². The Bertz CT molecular complexity index is 1060. The number of carbonyl (C=O) groups excluding carboxylic acids is 3. The molecule has 1 aromatic heterocycles. The fourth-order valence-electron chi connectivity index (χ4n) is 4.05. The standard InChI is InChI=1S/C23H26N4O6/c1-31-16-6-3-5-15(13-16)20-19(22(29)32-2)17(24-23(30)25-20)14-26-8-10-27(11-9-26)21(28)18-7-4-12-33-18/h3-7,12-13,20H,8-11,14H2,1-2H3,(H2,24,25,30). The van der Waals surface area contributed by atoms with E-state index in [1.165, 1.54) is 13.4 Å². The summed E-state index contributed by atoms with van der Waals surface area (Å²) in [6.45, 7) is 2.51. The number of piperazine rings is 1. The third-order valence-corrected chi connectivity index (χ3v) is 5.76. The van der Waals surface area contributed by atoms with E-state index in [0.29, 0.717) is 61.1 Å². The predicted molar refractivity (Wildman–Crippen MR) is 117 cm³/mol. The molecule has 0 aliphatic carbocycles. The van der Waals surface area contributed by atoms with Crippen molar-refractivity contribution < 1.29 is 28.3 Å². The third kappa shape index (κ3) is 4.85. The molecule has 1 unspecified atom stereocenters. The molecule has 1 saturated heterocycles. The second-order valence-electron chi connectivity index (χ2n) is 7.74. The number of nitrogens with zero attached hydrogens (tertiary/aromatic N) is 2. The minimum Gasteiger partial charge on any atom is -0.497 e. The zero-order chi connectivity index (χ0) is 23.4. The number of amides is 3. The van der Waals surface area contributed by atoms with Gasteiger partial charge in [-0.15, -0.1) is 0 Å². The average molecular weight is 454 g/mol. The first-order chi connectivity index (χ1) is 16.0. The molecule has 33 heavy (non-hydrogen) atoms. The lowest BCUT2D eigenvalue weighted by Gasteiger charge is -2.36. The van der Waals surface area contributed by atoms with Crippen LogP contribution in [-0.2, 0) is 9.53 Å². The lowest BCUT2D eigenvalue weighted by atomic mass is 9.94. The van der Waals surface area contributed by atoms with E-state index in [1.807, 2.05) is 6.07 Å². The molecule has 174 valence electrons. The topological polar surface area (TPSA) is 113 Å². The summed E-state index contributed by atoms with van der Waals surface area (Å²) in [5, 5.41) is 5.58. The summed E-state index contributed by atoms with van der Waals surface area (Å²) in [6.07, 6.45) is 1.48. The Morgan fingerprint density at radius 1 is 1.12 bits per heavy atom. The van der Waals surface area contributed by atoms with Gasteiger partial charge in [-0.1, -0.05) is 12.1 Å². The van der Waals surface area contributed by atoms with Crippen molar-refractivity contribution in [1.29, 1.82) is 0 Å². The molecule has 3 amide bonds. The highest BCUT2D eigenvalue weighted by Gasteiger charge is 2.35. The minimum absolute atomic E-state index is 0.151. The Hall–Kier alpha value is -3.79. The van der Waals surface area contributed by atoms with Gasteiger partial charge in [0.1, 0.15) is 5.75 Å². The maximum atomic E-state index is 12.8. The zero-order valence-electron chi connectivity index (χ0n) is 18.5. The highest BCUT2D eigenvalue weighted by molar-refractivity contribution is 5.95. The van der Waals surface area contributed by atoms with E-state index in [-0.39, 0.29) is 5.91 Å². The highest BCUT2D eigenvalue weighted by Crippen LogP contribution is 2.30. The first-order valence-corrected chi connectivity index (χ1v) is 10.6. The van der Waals surface area contributed by atoms with Gasteiger partial charge in [-0.05, 0) is 29.8 Å². The van der Waals surface area contributed by atoms with E-state index in [1.54, 1.807) is 42.3 Å². The number of methoxy groups -OCH3 is 2. The molecule has 2 aromatic rings. The maximum absolute atomic E-state index is 12.8. The van der Waals surface area contributed by atoms with Gasteiger partial charge < -0.3 is 29.4 Å². The number of rotatable bonds is 6. The van der Waals surface area contributed by atoms with Crippen molar-refractivity contribution in [2.75, 3.05) is 46.9 Å². The van der Waals surface area contributed by atoms with Crippen LogP contribution in [0.15, 0.2) is 58.3 Å². The number of hydrogen-bond donors (Lipinski definition) is 2. The number of benzene rings is 1. The monoisotopic (exact) mass is 454 g/mol. The summed E-state index contributed by atoms with van der Waals surface area (Å²) in [5.74, 6) is 0.244. The normalized spacial score (nSPS) is 19.0. The van der Waals surface area contributed by atoms with Crippen molar-refractivity contribution in [3.63, 3.8) is 0 Å². The molecule has 1 atom stereocenters. The van der Waals surface area contributed by atoms with E-state index in [0.717, 1.165) is 0 Å². The molecule has 2 N–H and O–H groups in total. The highest BCUT2D eigenvalue weighted by atomic mass is 16.5. The van der Waals surface area contributed by atoms with Crippen LogP contribution < -0.4 is 15.4 Å². The molecule has 0 spiro atoms. The molecule has 0 radical (unpaired) electrons. The van der Waals surface area contributed by atoms with E-state index in [4.69, 9.17) is 13.9 Å². The molecule has 4 rings (SSSR count). The predicted octanol–water partition coefficient (Wildman–Crippen LogP) is 1.53. The minimum atomic E-state index is -0.682. The zero-order valence-corrected chi connectivity index (χ0v) is 18.5. The fraction of sp³-hybridized carbons (Fsp3) is 0.348. The molecule has 2 aliphatic rings. The molecular formula is C23H26N4O6. The van der Waals surface area contributed by atoms with Gasteiger partial charge in [-0.2, -0.15) is 0 Å². The van der Waals surface area contributed by atoms with Crippen LogP contribution in [0.1, 0.15) is 22.2 Å². The van der Waals surface area contributed by atoms with Gasteiger partial charge in [0.2, 0.25) is 0 Å². The van der Waals surface area contributed by atoms with Crippen molar-refractivity contribution in [3.05, 3.63) is 65.3 Å². The third-order valence-electron chi connectivity index (χ3n) is 5.76. The molecule has 3 heterocycles. The Kier molecular flexibility index (Phi) is 6.64. The first-order valence-electron chi connectivity index (χ1n) is 10.6. The fourth-order valence-corrected chi connectivity index (χ4v) is 4.05. The summed E-state index contributed by atoms with van der Waals surface area (Å²) >= 11 is 0. The molecule has 0 bridgehead atoms. The lowest BCUT2D eigenvalue weighted by Crippen LogP contribution is -2.52. The van der Waals surface area contributed by atoms with Gasteiger partial charge >= 0.3 is 12.0 Å². The van der Waals surface area contributed by atoms with Crippen LogP contribution in [0.2, 0.25) is 0 Å². The molecule has 10 nitrogen and oxygen atoms in total. The van der Waals surface area contributed by atoms with Crippen molar-refractivity contribution in [3.8, 4) is 5.75 Å². The van der Waals surface area contributed by atoms with Gasteiger partial charge in [0.05, 0.1) is 32.1 Å². The number of nitrogens with one attached hydrogen (secondary N) is 2.